The number of hydrogen-bond donors (Lipinski definition) is 1. The normalized spacial score (nSPS) is 15.0. The van der Waals surface area contributed by atoms with E-state index in [-0.39, 0.29) is 6.04 Å². The van der Waals surface area contributed by atoms with Crippen LogP contribution >= 0.6 is 11.3 Å². The number of nitrogens with two attached hydrogens (primary N) is 1. The molecule has 0 saturated carbocycles. The standard InChI is InChI=1S/C16H21N3OS/c1-11-18-14(10-21-11)9-19(2)15(8-17)12-3-4-16-13(7-12)5-6-20-16/h3-4,7,10,15H,5-6,8-9,17H2,1-2H3. The molecule has 21 heavy (non-hydrogen) atoms. The Kier molecular flexibility index (Phi) is 4.24. The molecule has 2 aromatic rings. The van der Waals surface area contributed by atoms with E-state index in [4.69, 9.17) is 10.5 Å². The first kappa shape index (κ1) is 14.5. The van der Waals surface area contributed by atoms with Crippen molar-refractivity contribution in [1.82, 2.24) is 9.88 Å². The van der Waals surface area contributed by atoms with Crippen molar-refractivity contribution in [3.05, 3.63) is 45.4 Å². The van der Waals surface area contributed by atoms with Crippen LogP contribution in [0.1, 0.15) is 27.9 Å². The molecule has 2 heterocycles. The van der Waals surface area contributed by atoms with Gasteiger partial charge >= 0.3 is 0 Å². The molecule has 1 unspecified atom stereocenters. The minimum absolute atomic E-state index is 0.206. The molecule has 1 atom stereocenters. The second kappa shape index (κ2) is 6.13. The number of ether oxygens (including phenoxy) is 1. The van der Waals surface area contributed by atoms with Gasteiger partial charge in [-0.25, -0.2) is 4.98 Å². The Morgan fingerprint density at radius 1 is 1.48 bits per heavy atom. The van der Waals surface area contributed by atoms with E-state index in [1.165, 1.54) is 11.1 Å². The first-order chi connectivity index (χ1) is 10.2. The lowest BCUT2D eigenvalue weighted by Crippen LogP contribution is -2.30. The molecule has 112 valence electrons. The van der Waals surface area contributed by atoms with E-state index in [0.717, 1.165) is 36.0 Å². The highest BCUT2D eigenvalue weighted by molar-refractivity contribution is 7.09. The van der Waals surface area contributed by atoms with Crippen LogP contribution in [0.3, 0.4) is 0 Å². The quantitative estimate of drug-likeness (QED) is 0.922. The molecular formula is C16H21N3OS. The predicted octanol–water partition coefficient (Wildman–Crippen LogP) is 2.52. The van der Waals surface area contributed by atoms with Crippen LogP contribution in [0, 0.1) is 6.92 Å². The van der Waals surface area contributed by atoms with Gasteiger partial charge in [-0.05, 0) is 31.2 Å². The van der Waals surface area contributed by atoms with Gasteiger partial charge in [0.05, 0.1) is 17.3 Å². The highest BCUT2D eigenvalue weighted by Crippen LogP contribution is 2.30. The fourth-order valence-electron chi connectivity index (χ4n) is 2.83. The summed E-state index contributed by atoms with van der Waals surface area (Å²) in [6.07, 6.45) is 0.995. The predicted molar refractivity (Wildman–Crippen MR) is 85.8 cm³/mol. The second-order valence-electron chi connectivity index (χ2n) is 5.49. The Morgan fingerprint density at radius 3 is 3.05 bits per heavy atom. The number of hydrogen-bond acceptors (Lipinski definition) is 5. The third kappa shape index (κ3) is 3.10. The third-order valence-electron chi connectivity index (χ3n) is 3.93. The summed E-state index contributed by atoms with van der Waals surface area (Å²) in [6.45, 7) is 4.24. The highest BCUT2D eigenvalue weighted by atomic mass is 32.1. The molecule has 0 saturated heterocycles. The minimum Gasteiger partial charge on any atom is -0.493 e. The van der Waals surface area contributed by atoms with Crippen LogP contribution in [-0.4, -0.2) is 30.1 Å². The lowest BCUT2D eigenvalue weighted by Gasteiger charge is -2.27. The van der Waals surface area contributed by atoms with Crippen molar-refractivity contribution in [3.8, 4) is 5.75 Å². The first-order valence-corrected chi connectivity index (χ1v) is 8.12. The van der Waals surface area contributed by atoms with Crippen LogP contribution in [0.2, 0.25) is 0 Å². The first-order valence-electron chi connectivity index (χ1n) is 7.24. The zero-order valence-electron chi connectivity index (χ0n) is 12.5. The van der Waals surface area contributed by atoms with Crippen LogP contribution in [-0.2, 0) is 13.0 Å². The fourth-order valence-corrected chi connectivity index (χ4v) is 3.43. The van der Waals surface area contributed by atoms with Gasteiger partial charge in [0.1, 0.15) is 5.75 Å². The Bertz CT molecular complexity index is 626. The van der Waals surface area contributed by atoms with Gasteiger partial charge in [0, 0.05) is 30.9 Å². The Hall–Kier alpha value is -1.43. The van der Waals surface area contributed by atoms with Crippen LogP contribution in [0.4, 0.5) is 0 Å². The van der Waals surface area contributed by atoms with E-state index in [1.807, 2.05) is 6.92 Å². The Labute approximate surface area is 129 Å². The molecule has 1 aliphatic heterocycles. The maximum absolute atomic E-state index is 6.02. The number of nitrogens with zero attached hydrogens (tertiary/aromatic N) is 2. The molecule has 1 aromatic heterocycles. The van der Waals surface area contributed by atoms with E-state index in [1.54, 1.807) is 11.3 Å². The lowest BCUT2D eigenvalue weighted by atomic mass is 10.0. The molecule has 0 bridgehead atoms. The van der Waals surface area contributed by atoms with Gasteiger partial charge in [0.25, 0.3) is 0 Å². The molecule has 0 radical (unpaired) electrons. The largest absolute Gasteiger partial charge is 0.493 e. The van der Waals surface area contributed by atoms with E-state index in [9.17, 15) is 0 Å². The van der Waals surface area contributed by atoms with Crippen molar-refractivity contribution in [2.24, 2.45) is 5.73 Å². The molecule has 1 aliphatic rings. The maximum atomic E-state index is 6.02. The van der Waals surface area contributed by atoms with Gasteiger partial charge in [-0.15, -0.1) is 11.3 Å². The molecule has 0 fully saturated rings. The van der Waals surface area contributed by atoms with Crippen molar-refractivity contribution in [2.75, 3.05) is 20.2 Å². The molecule has 0 aliphatic carbocycles. The monoisotopic (exact) mass is 303 g/mol. The lowest BCUT2D eigenvalue weighted by molar-refractivity contribution is 0.239. The van der Waals surface area contributed by atoms with Crippen LogP contribution in [0.25, 0.3) is 0 Å². The number of aryl methyl sites for hydroxylation is 1. The fraction of sp³-hybridized carbons (Fsp3) is 0.438. The summed E-state index contributed by atoms with van der Waals surface area (Å²) >= 11 is 1.69. The van der Waals surface area contributed by atoms with Gasteiger partial charge in [0.2, 0.25) is 0 Å². The van der Waals surface area contributed by atoms with Gasteiger partial charge in [-0.1, -0.05) is 12.1 Å². The number of benzene rings is 1. The molecule has 0 spiro atoms. The van der Waals surface area contributed by atoms with Crippen LogP contribution < -0.4 is 10.5 Å². The van der Waals surface area contributed by atoms with Crippen LogP contribution in [0.5, 0.6) is 5.75 Å². The minimum atomic E-state index is 0.206. The Morgan fingerprint density at radius 2 is 2.33 bits per heavy atom. The number of fused-ring (bicyclic) bond motifs is 1. The van der Waals surface area contributed by atoms with Crippen molar-refractivity contribution in [1.29, 1.82) is 0 Å². The molecule has 2 N–H and O–H groups in total. The summed E-state index contributed by atoms with van der Waals surface area (Å²) in [5, 5.41) is 3.23. The van der Waals surface area contributed by atoms with Crippen molar-refractivity contribution in [3.63, 3.8) is 0 Å². The zero-order valence-corrected chi connectivity index (χ0v) is 13.3. The molecule has 1 aromatic carbocycles. The summed E-state index contributed by atoms with van der Waals surface area (Å²) in [5.41, 5.74) is 9.69. The average molecular weight is 303 g/mol. The molecule has 4 nitrogen and oxygen atoms in total. The van der Waals surface area contributed by atoms with Gasteiger partial charge in [-0.3, -0.25) is 4.90 Å². The van der Waals surface area contributed by atoms with Crippen molar-refractivity contribution >= 4 is 11.3 Å². The Balaban J connectivity index is 1.77. The highest BCUT2D eigenvalue weighted by Gasteiger charge is 2.20. The van der Waals surface area contributed by atoms with E-state index in [2.05, 4.69) is 40.5 Å². The summed E-state index contributed by atoms with van der Waals surface area (Å²) in [7, 11) is 2.11. The maximum Gasteiger partial charge on any atom is 0.122 e. The second-order valence-corrected chi connectivity index (χ2v) is 6.55. The number of rotatable bonds is 5. The summed E-state index contributed by atoms with van der Waals surface area (Å²) < 4.78 is 5.57. The zero-order chi connectivity index (χ0) is 14.8. The topological polar surface area (TPSA) is 51.4 Å². The molecule has 3 rings (SSSR count). The SMILES string of the molecule is Cc1nc(CN(C)C(CN)c2ccc3c(c2)CCO3)cs1. The van der Waals surface area contributed by atoms with Gasteiger partial charge < -0.3 is 10.5 Å². The summed E-state index contributed by atoms with van der Waals surface area (Å²) in [5.74, 6) is 1.02. The number of likely N-dealkylation sites (N-methyl/N-ethyl adjacent to an activating group) is 1. The summed E-state index contributed by atoms with van der Waals surface area (Å²) in [4.78, 5) is 6.80. The molecule has 5 heteroatoms. The average Bonchev–Trinajstić information content (AvgIpc) is 3.08. The summed E-state index contributed by atoms with van der Waals surface area (Å²) in [6, 6.07) is 6.65. The molecule has 0 amide bonds. The van der Waals surface area contributed by atoms with Gasteiger partial charge in [-0.2, -0.15) is 0 Å². The third-order valence-corrected chi connectivity index (χ3v) is 4.75. The van der Waals surface area contributed by atoms with Gasteiger partial charge in [0.15, 0.2) is 0 Å². The van der Waals surface area contributed by atoms with E-state index < -0.39 is 0 Å². The number of thiazole rings is 1. The molecular weight excluding hydrogens is 282 g/mol. The van der Waals surface area contributed by atoms with Crippen molar-refractivity contribution in [2.45, 2.75) is 25.9 Å². The van der Waals surface area contributed by atoms with E-state index in [0.29, 0.717) is 6.54 Å². The number of aromatic nitrogens is 1. The smallest absolute Gasteiger partial charge is 0.122 e. The van der Waals surface area contributed by atoms with E-state index >= 15 is 0 Å². The van der Waals surface area contributed by atoms with Crippen molar-refractivity contribution < 1.29 is 4.74 Å². The van der Waals surface area contributed by atoms with Crippen LogP contribution in [0.15, 0.2) is 23.6 Å².